The van der Waals surface area contributed by atoms with Crippen molar-refractivity contribution in [2.75, 3.05) is 13.2 Å². The van der Waals surface area contributed by atoms with Crippen LogP contribution in [0.25, 0.3) is 0 Å². The van der Waals surface area contributed by atoms with Crippen molar-refractivity contribution >= 4 is 8.32 Å². The van der Waals surface area contributed by atoms with Gasteiger partial charge in [0.05, 0.1) is 0 Å². The van der Waals surface area contributed by atoms with Crippen molar-refractivity contribution in [2.24, 2.45) is 23.2 Å². The van der Waals surface area contributed by atoms with Gasteiger partial charge in [0.15, 0.2) is 8.32 Å². The molecule has 2 fully saturated rings. The zero-order valence-electron chi connectivity index (χ0n) is 16.8. The Labute approximate surface area is 150 Å². The predicted octanol–water partition coefficient (Wildman–Crippen LogP) is 4.58. The van der Waals surface area contributed by atoms with E-state index in [1.165, 1.54) is 32.1 Å². The molecule has 0 aromatic heterocycles. The average molecular weight is 357 g/mol. The molecule has 2 saturated carbocycles. The van der Waals surface area contributed by atoms with Crippen LogP contribution >= 0.6 is 0 Å². The lowest BCUT2D eigenvalue weighted by atomic mass is 9.61. The van der Waals surface area contributed by atoms with Crippen LogP contribution in [0.2, 0.25) is 18.1 Å². The smallest absolute Gasteiger partial charge is 0.192 e. The summed E-state index contributed by atoms with van der Waals surface area (Å²) in [5.41, 5.74) is 0.272. The van der Waals surface area contributed by atoms with Crippen molar-refractivity contribution in [1.82, 2.24) is 0 Å². The number of aliphatic hydroxyl groups is 2. The number of aliphatic hydroxyl groups excluding tert-OH is 2. The Bertz CT molecular complexity index is 418. The molecule has 3 nitrogen and oxygen atoms in total. The molecule has 2 rings (SSSR count). The molecule has 0 aromatic rings. The number of hydrogen-bond donors (Lipinski definition) is 2. The fourth-order valence-electron chi connectivity index (χ4n) is 5.22. The summed E-state index contributed by atoms with van der Waals surface area (Å²) in [5, 5.41) is 19.5. The molecule has 0 heterocycles. The van der Waals surface area contributed by atoms with E-state index in [9.17, 15) is 10.2 Å². The molecule has 2 aliphatic carbocycles. The maximum absolute atomic E-state index is 9.85. The summed E-state index contributed by atoms with van der Waals surface area (Å²) in [6.07, 6.45) is 7.22. The van der Waals surface area contributed by atoms with E-state index < -0.39 is 8.32 Å². The summed E-state index contributed by atoms with van der Waals surface area (Å²) >= 11 is 0. The molecule has 0 unspecified atom stereocenters. The van der Waals surface area contributed by atoms with Crippen LogP contribution in [-0.4, -0.2) is 37.8 Å². The Hall–Kier alpha value is 0.0969. The second kappa shape index (κ2) is 7.38. The minimum atomic E-state index is -1.75. The average Bonchev–Trinajstić information content (AvgIpc) is 2.81. The lowest BCUT2D eigenvalue weighted by molar-refractivity contribution is -0.0315. The normalized spacial score (nSPS) is 35.8. The highest BCUT2D eigenvalue weighted by atomic mass is 28.4. The van der Waals surface area contributed by atoms with Crippen LogP contribution in [0.3, 0.4) is 0 Å². The molecule has 0 aromatic carbocycles. The largest absolute Gasteiger partial charge is 0.414 e. The van der Waals surface area contributed by atoms with E-state index in [1.807, 2.05) is 0 Å². The maximum atomic E-state index is 9.85. The molecule has 0 spiro atoms. The second-order valence-corrected chi connectivity index (χ2v) is 14.8. The van der Waals surface area contributed by atoms with Gasteiger partial charge in [-0.2, -0.15) is 0 Å². The molecule has 0 amide bonds. The molecule has 5 atom stereocenters. The topological polar surface area (TPSA) is 49.7 Å². The molecule has 142 valence electrons. The highest BCUT2D eigenvalue weighted by Crippen LogP contribution is 2.59. The third-order valence-corrected chi connectivity index (χ3v) is 12.2. The number of hydrogen-bond acceptors (Lipinski definition) is 3. The van der Waals surface area contributed by atoms with Gasteiger partial charge in [-0.05, 0) is 73.4 Å². The summed E-state index contributed by atoms with van der Waals surface area (Å²) in [6, 6.07) is 0. The van der Waals surface area contributed by atoms with Crippen molar-refractivity contribution in [3.05, 3.63) is 0 Å². The lowest BCUT2D eigenvalue weighted by Gasteiger charge is -2.50. The van der Waals surface area contributed by atoms with Crippen LogP contribution in [0, 0.1) is 23.2 Å². The van der Waals surface area contributed by atoms with Gasteiger partial charge >= 0.3 is 0 Å². The van der Waals surface area contributed by atoms with Gasteiger partial charge in [0, 0.05) is 19.3 Å². The predicted molar refractivity (Wildman–Crippen MR) is 103 cm³/mol. The Kier molecular flexibility index (Phi) is 6.27. The SMILES string of the molecule is CC(C)(C)[Si](C)(C)O[C@H]1CCC[C@]2(C)[C@@H]([C@H](CO)CCO)CC[C@@H]12. The molecule has 2 aliphatic rings. The van der Waals surface area contributed by atoms with Crippen LogP contribution in [0.15, 0.2) is 0 Å². The van der Waals surface area contributed by atoms with E-state index in [1.54, 1.807) is 0 Å². The summed E-state index contributed by atoms with van der Waals surface area (Å²) in [7, 11) is -1.75. The first kappa shape index (κ1) is 20.4. The standard InChI is InChI=1S/C20H40O3Si/c1-19(2,3)24(5,6)23-18-8-7-12-20(4)16(9-10-17(18)20)15(14-22)11-13-21/h15-18,21-22H,7-14H2,1-6H3/t15-,16+,17-,18-,20+/m0/s1. The molecule has 0 aliphatic heterocycles. The highest BCUT2D eigenvalue weighted by Gasteiger charge is 2.54. The van der Waals surface area contributed by atoms with E-state index in [2.05, 4.69) is 40.8 Å². The summed E-state index contributed by atoms with van der Waals surface area (Å²) in [4.78, 5) is 0. The van der Waals surface area contributed by atoms with Gasteiger partial charge in [-0.15, -0.1) is 0 Å². The van der Waals surface area contributed by atoms with Crippen molar-refractivity contribution in [3.8, 4) is 0 Å². The van der Waals surface area contributed by atoms with Crippen LogP contribution < -0.4 is 0 Å². The van der Waals surface area contributed by atoms with Crippen LogP contribution in [0.5, 0.6) is 0 Å². The molecule has 0 saturated heterocycles. The molecule has 0 radical (unpaired) electrons. The minimum Gasteiger partial charge on any atom is -0.414 e. The van der Waals surface area contributed by atoms with Gasteiger partial charge < -0.3 is 14.6 Å². The summed E-state index contributed by atoms with van der Waals surface area (Å²) in [5.74, 6) is 1.40. The second-order valence-electron chi connectivity index (χ2n) is 10.1. The molecular weight excluding hydrogens is 316 g/mol. The molecular formula is C20H40O3Si. The fourth-order valence-corrected chi connectivity index (χ4v) is 6.61. The number of fused-ring (bicyclic) bond motifs is 1. The zero-order chi connectivity index (χ0) is 18.2. The first-order valence-electron chi connectivity index (χ1n) is 9.96. The third kappa shape index (κ3) is 3.77. The van der Waals surface area contributed by atoms with Gasteiger partial charge in [0.25, 0.3) is 0 Å². The molecule has 2 N–H and O–H groups in total. The quantitative estimate of drug-likeness (QED) is 0.685. The Morgan fingerprint density at radius 1 is 1.17 bits per heavy atom. The van der Waals surface area contributed by atoms with E-state index >= 15 is 0 Å². The Morgan fingerprint density at radius 3 is 2.38 bits per heavy atom. The Balaban J connectivity index is 2.17. The van der Waals surface area contributed by atoms with Crippen LogP contribution in [0.4, 0.5) is 0 Å². The molecule has 0 bridgehead atoms. The van der Waals surface area contributed by atoms with Crippen molar-refractivity contribution in [1.29, 1.82) is 0 Å². The molecule has 4 heteroatoms. The summed E-state index contributed by atoms with van der Waals surface area (Å²) < 4.78 is 6.87. The minimum absolute atomic E-state index is 0.187. The number of rotatable bonds is 6. The first-order valence-corrected chi connectivity index (χ1v) is 12.9. The lowest BCUT2D eigenvalue weighted by Crippen LogP contribution is -2.50. The van der Waals surface area contributed by atoms with Gasteiger partial charge in [0.2, 0.25) is 0 Å². The first-order chi connectivity index (χ1) is 11.1. The van der Waals surface area contributed by atoms with Crippen LogP contribution in [0.1, 0.15) is 66.2 Å². The monoisotopic (exact) mass is 356 g/mol. The van der Waals surface area contributed by atoms with Crippen molar-refractivity contribution in [2.45, 2.75) is 90.5 Å². The fraction of sp³-hybridized carbons (Fsp3) is 1.00. The summed E-state index contributed by atoms with van der Waals surface area (Å²) in [6.45, 7) is 14.5. The van der Waals surface area contributed by atoms with Gasteiger partial charge in [-0.3, -0.25) is 0 Å². The third-order valence-electron chi connectivity index (χ3n) is 7.69. The van der Waals surface area contributed by atoms with Crippen LogP contribution in [-0.2, 0) is 4.43 Å². The van der Waals surface area contributed by atoms with Gasteiger partial charge in [0.1, 0.15) is 0 Å². The van der Waals surface area contributed by atoms with E-state index in [0.29, 0.717) is 17.9 Å². The van der Waals surface area contributed by atoms with E-state index in [4.69, 9.17) is 4.43 Å². The van der Waals surface area contributed by atoms with Crippen molar-refractivity contribution in [3.63, 3.8) is 0 Å². The Morgan fingerprint density at radius 2 is 1.83 bits per heavy atom. The van der Waals surface area contributed by atoms with E-state index in [0.717, 1.165) is 6.42 Å². The van der Waals surface area contributed by atoms with E-state index in [-0.39, 0.29) is 29.6 Å². The van der Waals surface area contributed by atoms with Gasteiger partial charge in [-0.25, -0.2) is 0 Å². The maximum Gasteiger partial charge on any atom is 0.192 e. The highest BCUT2D eigenvalue weighted by molar-refractivity contribution is 6.74. The van der Waals surface area contributed by atoms with Crippen molar-refractivity contribution < 1.29 is 14.6 Å². The molecule has 24 heavy (non-hydrogen) atoms. The zero-order valence-corrected chi connectivity index (χ0v) is 17.8. The van der Waals surface area contributed by atoms with Gasteiger partial charge in [-0.1, -0.05) is 34.1 Å².